The Hall–Kier alpha value is -2.15. The summed E-state index contributed by atoms with van der Waals surface area (Å²) in [5.41, 5.74) is 3.35. The Morgan fingerprint density at radius 1 is 1.23 bits per heavy atom. The monoisotopic (exact) mass is 376 g/mol. The molecule has 2 N–H and O–H groups in total. The highest BCUT2D eigenvalue weighted by molar-refractivity contribution is 7.91. The number of aryl methyl sites for hydroxylation is 2. The molecule has 3 rings (SSSR count). The van der Waals surface area contributed by atoms with Crippen molar-refractivity contribution in [2.24, 2.45) is 5.92 Å². The van der Waals surface area contributed by atoms with Crippen molar-refractivity contribution in [2.45, 2.75) is 39.7 Å². The van der Waals surface area contributed by atoms with Crippen LogP contribution in [-0.4, -0.2) is 30.8 Å². The van der Waals surface area contributed by atoms with E-state index in [1.54, 1.807) is 0 Å². The van der Waals surface area contributed by atoms with Gasteiger partial charge in [0.25, 0.3) is 5.56 Å². The van der Waals surface area contributed by atoms with Crippen molar-refractivity contribution >= 4 is 26.6 Å². The van der Waals surface area contributed by atoms with Crippen LogP contribution >= 0.6 is 0 Å². The van der Waals surface area contributed by atoms with Crippen molar-refractivity contribution in [1.82, 2.24) is 10.3 Å². The summed E-state index contributed by atoms with van der Waals surface area (Å²) in [6, 6.07) is 5.78. The highest BCUT2D eigenvalue weighted by Gasteiger charge is 2.27. The number of hydrogen-bond donors (Lipinski definition) is 2. The Bertz CT molecular complexity index is 1010. The number of amides is 1. The van der Waals surface area contributed by atoms with E-state index in [-0.39, 0.29) is 41.9 Å². The van der Waals surface area contributed by atoms with Crippen molar-refractivity contribution in [3.8, 4) is 0 Å². The average Bonchev–Trinajstić information content (AvgIpc) is 2.92. The first-order valence-corrected chi connectivity index (χ1v) is 10.7. The van der Waals surface area contributed by atoms with E-state index in [2.05, 4.69) is 10.3 Å². The average molecular weight is 376 g/mol. The number of fused-ring (bicyclic) bond motifs is 1. The van der Waals surface area contributed by atoms with Gasteiger partial charge in [0.15, 0.2) is 9.84 Å². The molecule has 0 spiro atoms. The fourth-order valence-corrected chi connectivity index (χ4v) is 5.28. The zero-order chi connectivity index (χ0) is 18.9. The SMILES string of the molecule is Cc1cc2cc(CNC(=O)CCC3CCS(=O)(=O)C3)c(=O)[nH]c2cc1C. The minimum atomic E-state index is -2.91. The van der Waals surface area contributed by atoms with Crippen LogP contribution in [0.4, 0.5) is 0 Å². The van der Waals surface area contributed by atoms with Crippen LogP contribution in [0.15, 0.2) is 23.0 Å². The number of carbonyl (C=O) groups excluding carboxylic acids is 1. The van der Waals surface area contributed by atoms with Gasteiger partial charge in [0, 0.05) is 24.0 Å². The second-order valence-corrected chi connectivity index (χ2v) is 9.46. The van der Waals surface area contributed by atoms with Crippen molar-refractivity contribution in [3.63, 3.8) is 0 Å². The second-order valence-electron chi connectivity index (χ2n) is 7.23. The Balaban J connectivity index is 1.60. The molecule has 140 valence electrons. The first-order valence-electron chi connectivity index (χ1n) is 8.84. The Labute approximate surface area is 152 Å². The van der Waals surface area contributed by atoms with E-state index >= 15 is 0 Å². The molecule has 2 heterocycles. The van der Waals surface area contributed by atoms with E-state index in [9.17, 15) is 18.0 Å². The van der Waals surface area contributed by atoms with Gasteiger partial charge in [-0.2, -0.15) is 0 Å². The fraction of sp³-hybridized carbons (Fsp3) is 0.474. The Morgan fingerprint density at radius 3 is 2.65 bits per heavy atom. The Morgan fingerprint density at radius 2 is 1.96 bits per heavy atom. The summed E-state index contributed by atoms with van der Waals surface area (Å²) in [7, 11) is -2.91. The van der Waals surface area contributed by atoms with E-state index in [0.717, 1.165) is 22.0 Å². The highest BCUT2D eigenvalue weighted by atomic mass is 32.2. The normalized spacial score (nSPS) is 18.9. The number of H-pyrrole nitrogens is 1. The van der Waals surface area contributed by atoms with Crippen LogP contribution < -0.4 is 10.9 Å². The van der Waals surface area contributed by atoms with Crippen LogP contribution in [0.3, 0.4) is 0 Å². The number of benzene rings is 1. The number of pyridine rings is 1. The van der Waals surface area contributed by atoms with Crippen LogP contribution in [0.5, 0.6) is 0 Å². The van der Waals surface area contributed by atoms with E-state index in [1.807, 2.05) is 32.0 Å². The summed E-state index contributed by atoms with van der Waals surface area (Å²) in [6.07, 6.45) is 1.49. The molecule has 1 amide bonds. The number of carbonyl (C=O) groups is 1. The van der Waals surface area contributed by atoms with Gasteiger partial charge in [-0.3, -0.25) is 9.59 Å². The van der Waals surface area contributed by atoms with Crippen LogP contribution in [0.25, 0.3) is 10.9 Å². The molecule has 6 nitrogen and oxygen atoms in total. The summed E-state index contributed by atoms with van der Waals surface area (Å²) in [5, 5.41) is 3.70. The van der Waals surface area contributed by atoms with Gasteiger partial charge in [0.05, 0.1) is 11.5 Å². The quantitative estimate of drug-likeness (QED) is 0.834. The molecule has 1 unspecified atom stereocenters. The number of sulfone groups is 1. The molecule has 1 fully saturated rings. The maximum Gasteiger partial charge on any atom is 0.253 e. The van der Waals surface area contributed by atoms with Crippen LogP contribution in [0.1, 0.15) is 36.0 Å². The largest absolute Gasteiger partial charge is 0.352 e. The van der Waals surface area contributed by atoms with Gasteiger partial charge in [-0.25, -0.2) is 8.42 Å². The number of rotatable bonds is 5. The lowest BCUT2D eigenvalue weighted by Gasteiger charge is -2.09. The molecule has 0 bridgehead atoms. The molecule has 1 aliphatic rings. The first kappa shape index (κ1) is 18.6. The summed E-state index contributed by atoms with van der Waals surface area (Å²) >= 11 is 0. The summed E-state index contributed by atoms with van der Waals surface area (Å²) < 4.78 is 22.9. The van der Waals surface area contributed by atoms with Crippen molar-refractivity contribution < 1.29 is 13.2 Å². The van der Waals surface area contributed by atoms with E-state index in [4.69, 9.17) is 0 Å². The van der Waals surface area contributed by atoms with Crippen LogP contribution in [0, 0.1) is 19.8 Å². The molecule has 1 aromatic carbocycles. The molecule has 0 radical (unpaired) electrons. The van der Waals surface area contributed by atoms with Crippen molar-refractivity contribution in [2.75, 3.05) is 11.5 Å². The molecule has 7 heteroatoms. The highest BCUT2D eigenvalue weighted by Crippen LogP contribution is 2.22. The van der Waals surface area contributed by atoms with E-state index in [1.165, 1.54) is 0 Å². The first-order chi connectivity index (χ1) is 12.2. The molecule has 0 saturated carbocycles. The maximum atomic E-state index is 12.2. The number of hydrogen-bond acceptors (Lipinski definition) is 4. The maximum absolute atomic E-state index is 12.2. The molecular formula is C19H24N2O4S. The smallest absolute Gasteiger partial charge is 0.253 e. The number of aromatic amines is 1. The zero-order valence-corrected chi connectivity index (χ0v) is 15.9. The zero-order valence-electron chi connectivity index (χ0n) is 15.1. The molecule has 1 aromatic heterocycles. The van der Waals surface area contributed by atoms with Gasteiger partial charge in [-0.15, -0.1) is 0 Å². The molecular weight excluding hydrogens is 352 g/mol. The van der Waals surface area contributed by atoms with Crippen LogP contribution in [-0.2, 0) is 21.2 Å². The lowest BCUT2D eigenvalue weighted by atomic mass is 10.0. The van der Waals surface area contributed by atoms with Gasteiger partial charge in [-0.1, -0.05) is 0 Å². The minimum Gasteiger partial charge on any atom is -0.352 e. The standard InChI is InChI=1S/C19H24N2O4S/c1-12-7-15-9-16(19(23)21-17(15)8-13(12)2)10-20-18(22)4-3-14-5-6-26(24,25)11-14/h7-9,14H,3-6,10-11H2,1-2H3,(H,20,22)(H,21,23). The molecule has 1 aliphatic heterocycles. The van der Waals surface area contributed by atoms with Gasteiger partial charge in [-0.05, 0) is 67.3 Å². The third-order valence-electron chi connectivity index (χ3n) is 5.12. The molecule has 1 atom stereocenters. The topological polar surface area (TPSA) is 96.1 Å². The predicted octanol–water partition coefficient (Wildman–Crippen LogP) is 1.98. The Kier molecular flexibility index (Phi) is 5.18. The van der Waals surface area contributed by atoms with Crippen molar-refractivity contribution in [3.05, 3.63) is 45.2 Å². The molecule has 1 saturated heterocycles. The van der Waals surface area contributed by atoms with Gasteiger partial charge >= 0.3 is 0 Å². The lowest BCUT2D eigenvalue weighted by molar-refractivity contribution is -0.121. The van der Waals surface area contributed by atoms with E-state index in [0.29, 0.717) is 18.4 Å². The van der Waals surface area contributed by atoms with Gasteiger partial charge in [0.1, 0.15) is 0 Å². The summed E-state index contributed by atoms with van der Waals surface area (Å²) in [6.45, 7) is 4.18. The van der Waals surface area contributed by atoms with Gasteiger partial charge < -0.3 is 10.3 Å². The molecule has 0 aliphatic carbocycles. The summed E-state index contributed by atoms with van der Waals surface area (Å²) in [5.74, 6) is 0.323. The summed E-state index contributed by atoms with van der Waals surface area (Å²) in [4.78, 5) is 27.1. The molecule has 2 aromatic rings. The van der Waals surface area contributed by atoms with Gasteiger partial charge in [0.2, 0.25) is 5.91 Å². The minimum absolute atomic E-state index is 0.0704. The third-order valence-corrected chi connectivity index (χ3v) is 6.95. The van der Waals surface area contributed by atoms with E-state index < -0.39 is 9.84 Å². The number of nitrogens with one attached hydrogen (secondary N) is 2. The van der Waals surface area contributed by atoms with Crippen molar-refractivity contribution in [1.29, 1.82) is 0 Å². The second kappa shape index (κ2) is 7.23. The number of aromatic nitrogens is 1. The predicted molar refractivity (Wildman–Crippen MR) is 102 cm³/mol. The molecule has 26 heavy (non-hydrogen) atoms. The fourth-order valence-electron chi connectivity index (χ4n) is 3.37. The third kappa shape index (κ3) is 4.33. The van der Waals surface area contributed by atoms with Crippen LogP contribution in [0.2, 0.25) is 0 Å². The lowest BCUT2D eigenvalue weighted by Crippen LogP contribution is -2.27.